The minimum atomic E-state index is -2.64. The fourth-order valence-corrected chi connectivity index (χ4v) is 8.70. The van der Waals surface area contributed by atoms with Crippen molar-refractivity contribution in [1.29, 1.82) is 0 Å². The molecule has 1 unspecified atom stereocenters. The first-order valence-electron chi connectivity index (χ1n) is 10.2. The van der Waals surface area contributed by atoms with Gasteiger partial charge in [0.15, 0.2) is 0 Å². The van der Waals surface area contributed by atoms with E-state index in [2.05, 4.69) is 87.5 Å². The van der Waals surface area contributed by atoms with Gasteiger partial charge in [0, 0.05) is 18.0 Å². The van der Waals surface area contributed by atoms with Gasteiger partial charge in [-0.15, -0.1) is 0 Å². The van der Waals surface area contributed by atoms with Crippen molar-refractivity contribution >= 4 is 18.7 Å². The second-order valence-corrected chi connectivity index (χ2v) is 12.9. The van der Waals surface area contributed by atoms with E-state index in [0.717, 1.165) is 23.5 Å². The Labute approximate surface area is 174 Å². The third-order valence-corrected chi connectivity index (χ3v) is 10.7. The molecule has 2 N–H and O–H groups in total. The van der Waals surface area contributed by atoms with Gasteiger partial charge in [-0.3, -0.25) is 0 Å². The minimum Gasteiger partial charge on any atom is -0.534 e. The van der Waals surface area contributed by atoms with Crippen molar-refractivity contribution in [2.24, 2.45) is 5.73 Å². The molecule has 1 atom stereocenters. The van der Waals surface area contributed by atoms with Crippen LogP contribution in [-0.2, 0) is 0 Å². The van der Waals surface area contributed by atoms with Gasteiger partial charge in [0.1, 0.15) is 11.5 Å². The normalized spacial score (nSPS) is 16.6. The summed E-state index contributed by atoms with van der Waals surface area (Å²) in [5, 5.41) is 2.44. The Bertz CT molecular complexity index is 928. The summed E-state index contributed by atoms with van der Waals surface area (Å²) < 4.78 is 12.9. The van der Waals surface area contributed by atoms with Crippen LogP contribution in [0, 0.1) is 0 Å². The second-order valence-electron chi connectivity index (χ2n) is 8.71. The highest BCUT2D eigenvalue weighted by Crippen LogP contribution is 2.39. The standard InChI is InChI=1S/C25H29NO2Si/c1-25(2,3)29(20-10-6-4-7-11-20,21-12-8-5-9-13-21)28-19-14-15-24-22(18-19)23(26)16-17-27-24/h4-15,18,23H,16-17,26H2,1-3H3. The molecule has 1 aliphatic heterocycles. The number of benzene rings is 3. The molecule has 0 bridgehead atoms. The topological polar surface area (TPSA) is 44.5 Å². The van der Waals surface area contributed by atoms with Gasteiger partial charge >= 0.3 is 8.32 Å². The van der Waals surface area contributed by atoms with Crippen molar-refractivity contribution in [1.82, 2.24) is 0 Å². The van der Waals surface area contributed by atoms with E-state index in [4.69, 9.17) is 14.9 Å². The molecule has 3 aromatic carbocycles. The van der Waals surface area contributed by atoms with Crippen LogP contribution in [0.5, 0.6) is 11.5 Å². The van der Waals surface area contributed by atoms with Crippen LogP contribution < -0.4 is 25.3 Å². The van der Waals surface area contributed by atoms with Gasteiger partial charge in [-0.25, -0.2) is 0 Å². The van der Waals surface area contributed by atoms with Crippen molar-refractivity contribution in [3.8, 4) is 11.5 Å². The summed E-state index contributed by atoms with van der Waals surface area (Å²) in [7, 11) is -2.64. The summed E-state index contributed by atoms with van der Waals surface area (Å²) >= 11 is 0. The first-order valence-corrected chi connectivity index (χ1v) is 12.1. The molecule has 1 heterocycles. The van der Waals surface area contributed by atoms with Crippen molar-refractivity contribution in [3.63, 3.8) is 0 Å². The van der Waals surface area contributed by atoms with Crippen LogP contribution in [0.15, 0.2) is 78.9 Å². The second kappa shape index (κ2) is 7.69. The van der Waals surface area contributed by atoms with Crippen LogP contribution in [0.1, 0.15) is 38.8 Å². The smallest absolute Gasteiger partial charge is 0.319 e. The quantitative estimate of drug-likeness (QED) is 0.657. The first kappa shape index (κ1) is 19.7. The fourth-order valence-electron chi connectivity index (χ4n) is 4.29. The Morgan fingerprint density at radius 3 is 2.03 bits per heavy atom. The minimum absolute atomic E-state index is 0.0125. The van der Waals surface area contributed by atoms with Gasteiger partial charge < -0.3 is 14.9 Å². The molecule has 0 aliphatic carbocycles. The van der Waals surface area contributed by atoms with Crippen LogP contribution >= 0.6 is 0 Å². The summed E-state index contributed by atoms with van der Waals surface area (Å²) in [5.74, 6) is 1.73. The lowest BCUT2D eigenvalue weighted by Crippen LogP contribution is -2.68. The van der Waals surface area contributed by atoms with Gasteiger partial charge in [-0.05, 0) is 33.6 Å². The van der Waals surface area contributed by atoms with E-state index in [0.29, 0.717) is 6.61 Å². The van der Waals surface area contributed by atoms with Gasteiger partial charge in [-0.1, -0.05) is 81.4 Å². The van der Waals surface area contributed by atoms with Crippen molar-refractivity contribution in [2.75, 3.05) is 6.61 Å². The average molecular weight is 404 g/mol. The predicted molar refractivity (Wildman–Crippen MR) is 122 cm³/mol. The van der Waals surface area contributed by atoms with E-state index in [-0.39, 0.29) is 11.1 Å². The highest BCUT2D eigenvalue weighted by molar-refractivity contribution is 7.00. The van der Waals surface area contributed by atoms with Crippen LogP contribution in [0.3, 0.4) is 0 Å². The van der Waals surface area contributed by atoms with Gasteiger partial charge in [0.2, 0.25) is 0 Å². The molecule has 29 heavy (non-hydrogen) atoms. The molecule has 0 radical (unpaired) electrons. The summed E-state index contributed by atoms with van der Waals surface area (Å²) in [6.07, 6.45) is 0.829. The summed E-state index contributed by atoms with van der Waals surface area (Å²) in [5.41, 5.74) is 7.40. The van der Waals surface area contributed by atoms with Crippen molar-refractivity contribution < 1.29 is 9.16 Å². The van der Waals surface area contributed by atoms with Gasteiger partial charge in [0.25, 0.3) is 0 Å². The van der Waals surface area contributed by atoms with E-state index in [1.54, 1.807) is 0 Å². The van der Waals surface area contributed by atoms with Gasteiger partial charge in [0.05, 0.1) is 6.61 Å². The lowest BCUT2D eigenvalue weighted by molar-refractivity contribution is 0.268. The number of hydrogen-bond acceptors (Lipinski definition) is 3. The molecule has 0 saturated heterocycles. The number of ether oxygens (including phenoxy) is 1. The largest absolute Gasteiger partial charge is 0.534 e. The van der Waals surface area contributed by atoms with Crippen LogP contribution in [0.4, 0.5) is 0 Å². The summed E-state index contributed by atoms with van der Waals surface area (Å²) in [6, 6.07) is 27.5. The molecule has 0 fully saturated rings. The molecule has 0 aromatic heterocycles. The van der Waals surface area contributed by atoms with Crippen LogP contribution in [0.2, 0.25) is 5.04 Å². The highest BCUT2D eigenvalue weighted by atomic mass is 28.4. The Kier molecular flexibility index (Phi) is 5.24. The number of rotatable bonds is 4. The summed E-state index contributed by atoms with van der Waals surface area (Å²) in [6.45, 7) is 7.52. The van der Waals surface area contributed by atoms with Crippen LogP contribution in [-0.4, -0.2) is 14.9 Å². The molecule has 0 saturated carbocycles. The molecule has 4 rings (SSSR count). The van der Waals surface area contributed by atoms with Gasteiger partial charge in [-0.2, -0.15) is 0 Å². The monoisotopic (exact) mass is 403 g/mol. The highest BCUT2D eigenvalue weighted by Gasteiger charge is 2.52. The Morgan fingerprint density at radius 1 is 0.897 bits per heavy atom. The molecule has 0 spiro atoms. The third-order valence-electron chi connectivity index (χ3n) is 5.75. The van der Waals surface area contributed by atoms with E-state index < -0.39 is 8.32 Å². The maximum Gasteiger partial charge on any atom is 0.319 e. The maximum absolute atomic E-state index is 7.08. The third kappa shape index (κ3) is 3.58. The molecule has 4 heteroatoms. The SMILES string of the molecule is CC(C)(C)[Si](Oc1ccc2c(c1)C(N)CCO2)(c1ccccc1)c1ccccc1. The van der Waals surface area contributed by atoms with Crippen molar-refractivity contribution in [2.45, 2.75) is 38.3 Å². The molecule has 0 amide bonds. The zero-order valence-electron chi connectivity index (χ0n) is 17.4. The fraction of sp³-hybridized carbons (Fsp3) is 0.280. The molecule has 3 nitrogen and oxygen atoms in total. The maximum atomic E-state index is 7.08. The first-order chi connectivity index (χ1) is 13.9. The van der Waals surface area contributed by atoms with E-state index in [9.17, 15) is 0 Å². The zero-order valence-corrected chi connectivity index (χ0v) is 18.4. The van der Waals surface area contributed by atoms with E-state index in [1.165, 1.54) is 10.4 Å². The van der Waals surface area contributed by atoms with Crippen LogP contribution in [0.25, 0.3) is 0 Å². The van der Waals surface area contributed by atoms with E-state index >= 15 is 0 Å². The number of nitrogens with two attached hydrogens (primary N) is 1. The van der Waals surface area contributed by atoms with Crippen molar-refractivity contribution in [3.05, 3.63) is 84.4 Å². The molecular weight excluding hydrogens is 374 g/mol. The average Bonchev–Trinajstić information content (AvgIpc) is 2.73. The lowest BCUT2D eigenvalue weighted by Gasteiger charge is -2.43. The lowest BCUT2D eigenvalue weighted by atomic mass is 10.0. The Morgan fingerprint density at radius 2 is 1.48 bits per heavy atom. The zero-order chi connectivity index (χ0) is 20.5. The van der Waals surface area contributed by atoms with E-state index in [1.807, 2.05) is 12.1 Å². The number of hydrogen-bond donors (Lipinski definition) is 1. The Hall–Kier alpha value is -2.56. The molecule has 1 aliphatic rings. The molecule has 3 aromatic rings. The molecular formula is C25H29NO2Si. The Balaban J connectivity index is 1.89. The number of fused-ring (bicyclic) bond motifs is 1. The summed E-state index contributed by atoms with van der Waals surface area (Å²) in [4.78, 5) is 0. The molecule has 150 valence electrons. The predicted octanol–water partition coefficient (Wildman–Crippen LogP) is 4.41.